The highest BCUT2D eigenvalue weighted by Gasteiger charge is 2.19. The molecule has 3 N–H and O–H groups in total. The second kappa shape index (κ2) is 3.90. The zero-order chi connectivity index (χ0) is 10.9. The number of halogens is 1. The highest BCUT2D eigenvalue weighted by atomic mass is 35.5. The van der Waals surface area contributed by atoms with Gasteiger partial charge in [-0.15, -0.1) is 0 Å². The Morgan fingerprint density at radius 3 is 2.64 bits per heavy atom. The molecule has 1 atom stereocenters. The van der Waals surface area contributed by atoms with Crippen molar-refractivity contribution in [3.63, 3.8) is 0 Å². The molecule has 0 aliphatic rings. The summed E-state index contributed by atoms with van der Waals surface area (Å²) in [6.07, 6.45) is -0.0248. The summed E-state index contributed by atoms with van der Waals surface area (Å²) in [7, 11) is -3.51. The molecule has 1 aromatic heterocycles. The van der Waals surface area contributed by atoms with Crippen LogP contribution in [0.1, 0.15) is 11.8 Å². The number of nitrogens with two attached hydrogens (primary N) is 1. The second-order valence-corrected chi connectivity index (χ2v) is 5.08. The Bertz CT molecular complexity index is 426. The van der Waals surface area contributed by atoms with Crippen molar-refractivity contribution in [3.05, 3.63) is 23.0 Å². The van der Waals surface area contributed by atoms with E-state index < -0.39 is 16.1 Å². The molecule has 0 amide bonds. The summed E-state index contributed by atoms with van der Waals surface area (Å²) in [6.45, 7) is -0.0597. The summed E-state index contributed by atoms with van der Waals surface area (Å²) < 4.78 is 23.4. The molecule has 1 aromatic rings. The molecule has 0 aliphatic carbocycles. The van der Waals surface area contributed by atoms with Crippen LogP contribution in [-0.2, 0) is 10.0 Å². The van der Waals surface area contributed by atoms with E-state index in [2.05, 4.69) is 0 Å². The summed E-state index contributed by atoms with van der Waals surface area (Å²) in [6, 6.07) is 2.83. The van der Waals surface area contributed by atoms with E-state index >= 15 is 0 Å². The van der Waals surface area contributed by atoms with Crippen LogP contribution < -0.4 is 5.73 Å². The molecule has 5 nitrogen and oxygen atoms in total. The molecule has 0 fully saturated rings. The molecule has 80 valence electrons. The normalized spacial score (nSPS) is 14.3. The van der Waals surface area contributed by atoms with Gasteiger partial charge in [-0.3, -0.25) is 0 Å². The monoisotopic (exact) mass is 238 g/mol. The van der Waals surface area contributed by atoms with Crippen molar-refractivity contribution in [1.29, 1.82) is 0 Å². The Kier molecular flexibility index (Phi) is 3.20. The molecule has 1 rings (SSSR count). The second-order valence-electron chi connectivity index (χ2n) is 2.86. The number of aromatic nitrogens is 1. The predicted octanol–water partition coefficient (Wildman–Crippen LogP) is -0.0587. The zero-order valence-corrected chi connectivity index (χ0v) is 9.09. The number of hydrogen-bond donors (Lipinski definition) is 2. The maximum absolute atomic E-state index is 11.3. The summed E-state index contributed by atoms with van der Waals surface area (Å²) in [4.78, 5) is 0. The van der Waals surface area contributed by atoms with Crippen molar-refractivity contribution < 1.29 is 13.5 Å². The molecule has 1 unspecified atom stereocenters. The Balaban J connectivity index is 3.34. The van der Waals surface area contributed by atoms with Crippen LogP contribution in [0.3, 0.4) is 0 Å². The Morgan fingerprint density at radius 2 is 2.21 bits per heavy atom. The van der Waals surface area contributed by atoms with E-state index in [1.165, 1.54) is 12.1 Å². The van der Waals surface area contributed by atoms with Gasteiger partial charge in [0.05, 0.1) is 11.9 Å². The predicted molar refractivity (Wildman–Crippen MR) is 53.7 cm³/mol. The first-order chi connectivity index (χ1) is 6.38. The molecule has 0 aromatic carbocycles. The number of nitrogens with zero attached hydrogens (tertiary/aromatic N) is 1. The molecule has 14 heavy (non-hydrogen) atoms. The average molecular weight is 239 g/mol. The van der Waals surface area contributed by atoms with E-state index in [1.807, 2.05) is 0 Å². The van der Waals surface area contributed by atoms with Crippen molar-refractivity contribution in [3.8, 4) is 0 Å². The van der Waals surface area contributed by atoms with Gasteiger partial charge in [-0.1, -0.05) is 11.6 Å². The van der Waals surface area contributed by atoms with Gasteiger partial charge < -0.3 is 10.8 Å². The lowest BCUT2D eigenvalue weighted by Crippen LogP contribution is -2.20. The lowest BCUT2D eigenvalue weighted by atomic mass is 10.3. The fourth-order valence-corrected chi connectivity index (χ4v) is 2.61. The van der Waals surface area contributed by atoms with Crippen LogP contribution in [0.25, 0.3) is 0 Å². The third kappa shape index (κ3) is 2.09. The van der Waals surface area contributed by atoms with Crippen LogP contribution in [-0.4, -0.2) is 30.3 Å². The molecule has 7 heteroatoms. The van der Waals surface area contributed by atoms with E-state index in [9.17, 15) is 13.5 Å². The quantitative estimate of drug-likeness (QED) is 0.773. The van der Waals surface area contributed by atoms with Crippen molar-refractivity contribution in [2.75, 3.05) is 12.8 Å². The van der Waals surface area contributed by atoms with Crippen LogP contribution in [0, 0.1) is 0 Å². The zero-order valence-electron chi connectivity index (χ0n) is 7.51. The number of aliphatic hydroxyl groups is 1. The number of hydrogen-bond acceptors (Lipinski definition) is 4. The van der Waals surface area contributed by atoms with Gasteiger partial charge in [-0.2, -0.15) is 0 Å². The molecule has 1 heterocycles. The van der Waals surface area contributed by atoms with Gasteiger partial charge in [0.2, 0.25) is 10.0 Å². The van der Waals surface area contributed by atoms with Crippen LogP contribution in [0.15, 0.2) is 12.1 Å². The average Bonchev–Trinajstić information content (AvgIpc) is 2.44. The largest absolute Gasteiger partial charge is 0.386 e. The molecule has 0 spiro atoms. The SMILES string of the molecule is CS(=O)(=O)n1c(Cl)ccc1C(O)CN. The Hall–Kier alpha value is -0.560. The molecular weight excluding hydrogens is 228 g/mol. The van der Waals surface area contributed by atoms with Crippen LogP contribution >= 0.6 is 11.6 Å². The minimum absolute atomic E-state index is 0.0370. The number of aliphatic hydroxyl groups excluding tert-OH is 1. The first kappa shape index (κ1) is 11.5. The van der Waals surface area contributed by atoms with Gasteiger partial charge in [0.1, 0.15) is 11.3 Å². The van der Waals surface area contributed by atoms with Gasteiger partial charge in [0, 0.05) is 6.54 Å². The molecule has 0 bridgehead atoms. The van der Waals surface area contributed by atoms with Crippen molar-refractivity contribution in [2.45, 2.75) is 6.10 Å². The summed E-state index contributed by atoms with van der Waals surface area (Å²) in [5, 5.41) is 9.45. The highest BCUT2D eigenvalue weighted by molar-refractivity contribution is 7.89. The van der Waals surface area contributed by atoms with Gasteiger partial charge in [-0.25, -0.2) is 12.4 Å². The minimum atomic E-state index is -3.51. The first-order valence-corrected chi connectivity index (χ1v) is 6.06. The maximum Gasteiger partial charge on any atom is 0.237 e. The molecule has 0 saturated heterocycles. The van der Waals surface area contributed by atoms with E-state index in [0.717, 1.165) is 10.2 Å². The third-order valence-electron chi connectivity index (χ3n) is 1.72. The lowest BCUT2D eigenvalue weighted by molar-refractivity contribution is 0.181. The fourth-order valence-electron chi connectivity index (χ4n) is 1.13. The molecule has 0 radical (unpaired) electrons. The van der Waals surface area contributed by atoms with Crippen molar-refractivity contribution >= 4 is 21.6 Å². The Labute approximate surface area is 87.1 Å². The van der Waals surface area contributed by atoms with Crippen LogP contribution in [0.4, 0.5) is 0 Å². The fraction of sp³-hybridized carbons (Fsp3) is 0.429. The van der Waals surface area contributed by atoms with Crippen molar-refractivity contribution in [2.24, 2.45) is 5.73 Å². The first-order valence-electron chi connectivity index (χ1n) is 3.83. The van der Waals surface area contributed by atoms with Crippen molar-refractivity contribution in [1.82, 2.24) is 3.97 Å². The van der Waals surface area contributed by atoms with Gasteiger partial charge >= 0.3 is 0 Å². The van der Waals surface area contributed by atoms with Gasteiger partial charge in [0.15, 0.2) is 0 Å². The maximum atomic E-state index is 11.3. The molecular formula is C7H11ClN2O3S. The molecule has 0 aliphatic heterocycles. The summed E-state index contributed by atoms with van der Waals surface area (Å²) >= 11 is 5.66. The minimum Gasteiger partial charge on any atom is -0.386 e. The highest BCUT2D eigenvalue weighted by Crippen LogP contribution is 2.22. The van der Waals surface area contributed by atoms with Crippen LogP contribution in [0.2, 0.25) is 5.15 Å². The van der Waals surface area contributed by atoms with Crippen LogP contribution in [0.5, 0.6) is 0 Å². The standard InChI is InChI=1S/C7H11ClN2O3S/c1-14(12,13)10-5(6(11)4-9)2-3-7(10)8/h2-3,6,11H,4,9H2,1H3. The van der Waals surface area contributed by atoms with E-state index in [0.29, 0.717) is 0 Å². The van der Waals surface area contributed by atoms with E-state index in [1.54, 1.807) is 0 Å². The van der Waals surface area contributed by atoms with E-state index in [-0.39, 0.29) is 17.4 Å². The summed E-state index contributed by atoms with van der Waals surface area (Å²) in [5.41, 5.74) is 5.40. The smallest absolute Gasteiger partial charge is 0.237 e. The lowest BCUT2D eigenvalue weighted by Gasteiger charge is -2.11. The summed E-state index contributed by atoms with van der Waals surface area (Å²) in [5.74, 6) is 0. The van der Waals surface area contributed by atoms with Gasteiger partial charge in [0.25, 0.3) is 0 Å². The van der Waals surface area contributed by atoms with E-state index in [4.69, 9.17) is 17.3 Å². The topological polar surface area (TPSA) is 85.3 Å². The Morgan fingerprint density at radius 1 is 1.64 bits per heavy atom. The third-order valence-corrected chi connectivity index (χ3v) is 3.18. The van der Waals surface area contributed by atoms with Gasteiger partial charge in [-0.05, 0) is 12.1 Å². The number of rotatable bonds is 3. The molecule has 0 saturated carbocycles.